The van der Waals surface area contributed by atoms with Gasteiger partial charge in [0, 0.05) is 5.02 Å². The van der Waals surface area contributed by atoms with E-state index in [9.17, 15) is 9.18 Å². The van der Waals surface area contributed by atoms with E-state index in [1.54, 1.807) is 12.1 Å². The lowest BCUT2D eigenvalue weighted by molar-refractivity contribution is -0.123. The summed E-state index contributed by atoms with van der Waals surface area (Å²) in [7, 11) is 0. The molecule has 0 saturated carbocycles. The molecule has 0 radical (unpaired) electrons. The number of halogens is 3. The first-order valence-corrected chi connectivity index (χ1v) is 7.75. The smallest absolute Gasteiger partial charge is 0.258 e. The Bertz CT molecular complexity index is 664. The van der Waals surface area contributed by atoms with E-state index in [1.807, 2.05) is 19.1 Å². The molecule has 0 spiro atoms. The first kappa shape index (κ1) is 16.8. The lowest BCUT2D eigenvalue weighted by Gasteiger charge is -2.15. The lowest BCUT2D eigenvalue weighted by Crippen LogP contribution is -2.31. The van der Waals surface area contributed by atoms with Crippen LogP contribution in [0.4, 0.5) is 4.39 Å². The van der Waals surface area contributed by atoms with Gasteiger partial charge in [-0.25, -0.2) is 4.39 Å². The zero-order chi connectivity index (χ0) is 16.1. The summed E-state index contributed by atoms with van der Waals surface area (Å²) in [5, 5.41) is 3.47. The third kappa shape index (κ3) is 4.71. The minimum atomic E-state index is -0.375. The van der Waals surface area contributed by atoms with Gasteiger partial charge in [-0.05, 0) is 58.7 Å². The lowest BCUT2D eigenvalue weighted by atomic mass is 10.1. The Morgan fingerprint density at radius 3 is 2.64 bits per heavy atom. The van der Waals surface area contributed by atoms with Gasteiger partial charge in [0.05, 0.1) is 10.5 Å². The summed E-state index contributed by atoms with van der Waals surface area (Å²) in [5.74, 6) is -0.227. The van der Waals surface area contributed by atoms with Gasteiger partial charge in [-0.2, -0.15) is 0 Å². The van der Waals surface area contributed by atoms with Gasteiger partial charge < -0.3 is 10.1 Å². The second-order valence-electron chi connectivity index (χ2n) is 4.70. The first-order chi connectivity index (χ1) is 10.5. The van der Waals surface area contributed by atoms with E-state index in [1.165, 1.54) is 18.2 Å². The fourth-order valence-corrected chi connectivity index (χ4v) is 2.44. The van der Waals surface area contributed by atoms with E-state index in [-0.39, 0.29) is 24.4 Å². The molecule has 0 saturated heterocycles. The van der Waals surface area contributed by atoms with Gasteiger partial charge in [-0.1, -0.05) is 23.7 Å². The zero-order valence-electron chi connectivity index (χ0n) is 11.8. The number of hydrogen-bond donors (Lipinski definition) is 1. The van der Waals surface area contributed by atoms with Crippen molar-refractivity contribution < 1.29 is 13.9 Å². The summed E-state index contributed by atoms with van der Waals surface area (Å²) >= 11 is 9.01. The summed E-state index contributed by atoms with van der Waals surface area (Å²) < 4.78 is 18.8. The van der Waals surface area contributed by atoms with Gasteiger partial charge in [-0.3, -0.25) is 4.79 Å². The van der Waals surface area contributed by atoms with Gasteiger partial charge in [0.2, 0.25) is 0 Å². The van der Waals surface area contributed by atoms with Crippen molar-refractivity contribution in [2.75, 3.05) is 6.61 Å². The van der Waals surface area contributed by atoms with Gasteiger partial charge in [0.15, 0.2) is 6.61 Å². The Balaban J connectivity index is 1.88. The van der Waals surface area contributed by atoms with Crippen LogP contribution in [0.3, 0.4) is 0 Å². The average molecular weight is 387 g/mol. The van der Waals surface area contributed by atoms with Crippen LogP contribution in [0, 0.1) is 5.82 Å². The number of carbonyl (C=O) groups excluding carboxylic acids is 1. The predicted octanol–water partition coefficient (Wildman–Crippen LogP) is 4.50. The molecular formula is C16H14BrClFNO2. The van der Waals surface area contributed by atoms with E-state index in [0.29, 0.717) is 15.2 Å². The number of carbonyl (C=O) groups is 1. The highest BCUT2D eigenvalue weighted by Gasteiger charge is 2.11. The highest BCUT2D eigenvalue weighted by Crippen LogP contribution is 2.25. The van der Waals surface area contributed by atoms with E-state index in [0.717, 1.165) is 5.56 Å². The molecule has 0 aliphatic rings. The molecule has 1 N–H and O–H groups in total. The van der Waals surface area contributed by atoms with Crippen LogP contribution in [-0.4, -0.2) is 12.5 Å². The minimum Gasteiger partial charge on any atom is -0.483 e. The Labute approximate surface area is 141 Å². The number of amides is 1. The summed E-state index contributed by atoms with van der Waals surface area (Å²) in [5.41, 5.74) is 0.945. The molecule has 2 aromatic carbocycles. The average Bonchev–Trinajstić information content (AvgIpc) is 2.47. The molecular weight excluding hydrogens is 373 g/mol. The molecule has 3 nitrogen and oxygen atoms in total. The van der Waals surface area contributed by atoms with Crippen LogP contribution in [0.15, 0.2) is 46.9 Å². The van der Waals surface area contributed by atoms with Crippen molar-refractivity contribution in [2.45, 2.75) is 13.0 Å². The van der Waals surface area contributed by atoms with E-state index in [2.05, 4.69) is 21.2 Å². The number of rotatable bonds is 5. The molecule has 0 heterocycles. The molecule has 1 amide bonds. The molecule has 0 bridgehead atoms. The minimum absolute atomic E-state index is 0.151. The Morgan fingerprint density at radius 1 is 1.32 bits per heavy atom. The fourth-order valence-electron chi connectivity index (χ4n) is 1.85. The van der Waals surface area contributed by atoms with Crippen LogP contribution in [0.2, 0.25) is 5.02 Å². The highest BCUT2D eigenvalue weighted by atomic mass is 79.9. The highest BCUT2D eigenvalue weighted by molar-refractivity contribution is 9.10. The van der Waals surface area contributed by atoms with E-state index >= 15 is 0 Å². The largest absolute Gasteiger partial charge is 0.483 e. The Kier molecular flexibility index (Phi) is 5.80. The van der Waals surface area contributed by atoms with Crippen molar-refractivity contribution in [3.05, 3.63) is 63.3 Å². The maximum absolute atomic E-state index is 13.0. The molecule has 2 rings (SSSR count). The zero-order valence-corrected chi connectivity index (χ0v) is 14.1. The molecule has 116 valence electrons. The van der Waals surface area contributed by atoms with Crippen molar-refractivity contribution >= 4 is 33.4 Å². The number of nitrogens with one attached hydrogen (secondary N) is 1. The van der Waals surface area contributed by atoms with Crippen LogP contribution in [-0.2, 0) is 4.79 Å². The van der Waals surface area contributed by atoms with Gasteiger partial charge in [-0.15, -0.1) is 0 Å². The van der Waals surface area contributed by atoms with Crippen LogP contribution in [0.25, 0.3) is 0 Å². The van der Waals surface area contributed by atoms with Crippen LogP contribution < -0.4 is 10.1 Å². The van der Waals surface area contributed by atoms with Crippen molar-refractivity contribution in [2.24, 2.45) is 0 Å². The number of ether oxygens (including phenoxy) is 1. The molecule has 0 aliphatic carbocycles. The quantitative estimate of drug-likeness (QED) is 0.822. The number of hydrogen-bond acceptors (Lipinski definition) is 2. The van der Waals surface area contributed by atoms with Crippen LogP contribution in [0.1, 0.15) is 18.5 Å². The maximum Gasteiger partial charge on any atom is 0.258 e. The Hall–Kier alpha value is -1.59. The first-order valence-electron chi connectivity index (χ1n) is 6.58. The summed E-state index contributed by atoms with van der Waals surface area (Å²) in [4.78, 5) is 11.9. The van der Waals surface area contributed by atoms with Gasteiger partial charge in [0.1, 0.15) is 11.6 Å². The molecule has 0 aliphatic heterocycles. The third-order valence-electron chi connectivity index (χ3n) is 3.00. The maximum atomic E-state index is 13.0. The molecule has 1 atom stereocenters. The van der Waals surface area contributed by atoms with Crippen molar-refractivity contribution in [1.29, 1.82) is 0 Å². The Morgan fingerprint density at radius 2 is 2.00 bits per heavy atom. The predicted molar refractivity (Wildman–Crippen MR) is 87.6 cm³/mol. The fraction of sp³-hybridized carbons (Fsp3) is 0.188. The van der Waals surface area contributed by atoms with Gasteiger partial charge >= 0.3 is 0 Å². The topological polar surface area (TPSA) is 38.3 Å². The third-order valence-corrected chi connectivity index (χ3v) is 3.87. The van der Waals surface area contributed by atoms with Crippen LogP contribution in [0.5, 0.6) is 5.75 Å². The standard InChI is InChI=1S/C16H14BrClFNO2/c1-10(11-2-4-12(18)5-3-11)20-16(21)9-22-15-7-6-13(19)8-14(15)17/h2-8,10H,9H2,1H3,(H,20,21). The summed E-state index contributed by atoms with van der Waals surface area (Å²) in [6, 6.07) is 11.1. The second-order valence-corrected chi connectivity index (χ2v) is 5.99. The molecule has 0 aromatic heterocycles. The van der Waals surface area contributed by atoms with Crippen molar-refractivity contribution in [3.63, 3.8) is 0 Å². The molecule has 6 heteroatoms. The van der Waals surface area contributed by atoms with E-state index < -0.39 is 0 Å². The summed E-state index contributed by atoms with van der Waals surface area (Å²) in [6.45, 7) is 1.72. The van der Waals surface area contributed by atoms with Gasteiger partial charge in [0.25, 0.3) is 5.91 Å². The molecule has 1 unspecified atom stereocenters. The van der Waals surface area contributed by atoms with E-state index in [4.69, 9.17) is 16.3 Å². The number of benzene rings is 2. The SMILES string of the molecule is CC(NC(=O)COc1ccc(F)cc1Br)c1ccc(Cl)cc1. The van der Waals surface area contributed by atoms with Crippen LogP contribution >= 0.6 is 27.5 Å². The second kappa shape index (κ2) is 7.61. The summed E-state index contributed by atoms with van der Waals surface area (Å²) in [6.07, 6.45) is 0. The molecule has 0 fully saturated rings. The van der Waals surface area contributed by atoms with Crippen molar-refractivity contribution in [3.8, 4) is 5.75 Å². The van der Waals surface area contributed by atoms with Crippen molar-refractivity contribution in [1.82, 2.24) is 5.32 Å². The molecule has 2 aromatic rings. The normalized spacial score (nSPS) is 11.8. The molecule has 22 heavy (non-hydrogen) atoms. The monoisotopic (exact) mass is 385 g/mol.